The largest absolute Gasteiger partial charge is 0.441 e. The van der Waals surface area contributed by atoms with Crippen molar-refractivity contribution in [2.45, 2.75) is 44.6 Å². The van der Waals surface area contributed by atoms with Crippen LogP contribution >= 0.6 is 12.4 Å². The molecule has 0 radical (unpaired) electrons. The number of benzene rings is 1. The summed E-state index contributed by atoms with van der Waals surface area (Å²) in [7, 11) is 0. The molecule has 2 N–H and O–H groups in total. The maximum absolute atomic E-state index is 6.21. The summed E-state index contributed by atoms with van der Waals surface area (Å²) >= 11 is 0. The SMILES string of the molecule is Cc1ccc(-c2cnc(CCc3nc(C4(N)CCC4)no3)o2)cc1.Cl. The second-order valence-electron chi connectivity index (χ2n) is 6.51. The van der Waals surface area contributed by atoms with E-state index in [1.165, 1.54) is 5.56 Å². The van der Waals surface area contributed by atoms with Gasteiger partial charge in [-0.05, 0) is 26.2 Å². The first-order chi connectivity index (χ1) is 11.6. The molecule has 4 rings (SSSR count). The van der Waals surface area contributed by atoms with Gasteiger partial charge in [-0.3, -0.25) is 0 Å². The third-order valence-corrected chi connectivity index (χ3v) is 4.60. The Kier molecular flexibility index (Phi) is 4.92. The number of hydrogen-bond acceptors (Lipinski definition) is 6. The van der Waals surface area contributed by atoms with Gasteiger partial charge in [-0.15, -0.1) is 12.4 Å². The molecule has 6 nitrogen and oxygen atoms in total. The number of aryl methyl sites for hydroxylation is 3. The first-order valence-corrected chi connectivity index (χ1v) is 8.26. The molecule has 0 aliphatic heterocycles. The van der Waals surface area contributed by atoms with Crippen LogP contribution in [0.25, 0.3) is 11.3 Å². The lowest BCUT2D eigenvalue weighted by molar-refractivity contribution is 0.229. The van der Waals surface area contributed by atoms with Gasteiger partial charge in [0.15, 0.2) is 17.5 Å². The normalized spacial score (nSPS) is 15.4. The molecule has 0 saturated heterocycles. The van der Waals surface area contributed by atoms with Crippen molar-refractivity contribution in [2.75, 3.05) is 0 Å². The Bertz CT molecular complexity index is 837. The van der Waals surface area contributed by atoms with E-state index in [4.69, 9.17) is 14.7 Å². The number of hydrogen-bond donors (Lipinski definition) is 1. The highest BCUT2D eigenvalue weighted by atomic mass is 35.5. The van der Waals surface area contributed by atoms with E-state index < -0.39 is 0 Å². The molecule has 1 aromatic carbocycles. The Morgan fingerprint density at radius 3 is 2.52 bits per heavy atom. The standard InChI is InChI=1S/C18H20N4O2.ClH/c1-12-3-5-13(6-4-12)14-11-20-15(23-14)7-8-16-21-17(22-24-16)18(19)9-2-10-18;/h3-6,11H,2,7-10,19H2,1H3;1H. The summed E-state index contributed by atoms with van der Waals surface area (Å²) in [5.41, 5.74) is 8.06. The zero-order valence-electron chi connectivity index (χ0n) is 14.1. The van der Waals surface area contributed by atoms with E-state index in [1.54, 1.807) is 6.20 Å². The lowest BCUT2D eigenvalue weighted by atomic mass is 9.77. The Hall–Kier alpha value is -2.18. The van der Waals surface area contributed by atoms with Crippen molar-refractivity contribution in [3.05, 3.63) is 53.6 Å². The summed E-state index contributed by atoms with van der Waals surface area (Å²) in [5.74, 6) is 2.64. The second-order valence-corrected chi connectivity index (χ2v) is 6.51. The van der Waals surface area contributed by atoms with Gasteiger partial charge in [0.05, 0.1) is 11.7 Å². The topological polar surface area (TPSA) is 91.0 Å². The average molecular weight is 361 g/mol. The Morgan fingerprint density at radius 1 is 1.12 bits per heavy atom. The van der Waals surface area contributed by atoms with Gasteiger partial charge in [0.25, 0.3) is 0 Å². The van der Waals surface area contributed by atoms with E-state index in [2.05, 4.69) is 34.2 Å². The molecule has 3 aromatic rings. The number of aromatic nitrogens is 3. The monoisotopic (exact) mass is 360 g/mol. The van der Waals surface area contributed by atoms with Crippen LogP contribution in [0, 0.1) is 6.92 Å². The van der Waals surface area contributed by atoms with E-state index in [-0.39, 0.29) is 17.9 Å². The van der Waals surface area contributed by atoms with E-state index in [0.29, 0.717) is 30.4 Å². The minimum absolute atomic E-state index is 0. The van der Waals surface area contributed by atoms with Crippen LogP contribution in [0.4, 0.5) is 0 Å². The van der Waals surface area contributed by atoms with Gasteiger partial charge in [-0.25, -0.2) is 4.98 Å². The fourth-order valence-electron chi connectivity index (χ4n) is 2.83. The second kappa shape index (κ2) is 6.98. The molecule has 1 aliphatic carbocycles. The average Bonchev–Trinajstić information content (AvgIpc) is 3.21. The van der Waals surface area contributed by atoms with Crippen LogP contribution in [0.2, 0.25) is 0 Å². The molecule has 132 valence electrons. The first-order valence-electron chi connectivity index (χ1n) is 8.26. The molecule has 0 amide bonds. The van der Waals surface area contributed by atoms with Crippen molar-refractivity contribution in [2.24, 2.45) is 5.73 Å². The number of rotatable bonds is 5. The van der Waals surface area contributed by atoms with Crippen molar-refractivity contribution < 1.29 is 8.94 Å². The molecule has 7 heteroatoms. The third-order valence-electron chi connectivity index (χ3n) is 4.60. The van der Waals surface area contributed by atoms with Crippen molar-refractivity contribution in [3.63, 3.8) is 0 Å². The zero-order valence-corrected chi connectivity index (χ0v) is 14.9. The third kappa shape index (κ3) is 3.60. The van der Waals surface area contributed by atoms with Crippen LogP contribution in [0.15, 0.2) is 39.4 Å². The molecule has 0 unspecified atom stereocenters. The molecule has 1 fully saturated rings. The molecule has 25 heavy (non-hydrogen) atoms. The van der Waals surface area contributed by atoms with Crippen molar-refractivity contribution >= 4 is 12.4 Å². The number of nitrogens with zero attached hydrogens (tertiary/aromatic N) is 3. The molecule has 2 heterocycles. The van der Waals surface area contributed by atoms with E-state index in [1.807, 2.05) is 12.1 Å². The molecule has 1 aliphatic rings. The molecule has 2 aromatic heterocycles. The summed E-state index contributed by atoms with van der Waals surface area (Å²) in [6.07, 6.45) is 5.93. The van der Waals surface area contributed by atoms with E-state index in [9.17, 15) is 0 Å². The summed E-state index contributed by atoms with van der Waals surface area (Å²) in [6, 6.07) is 8.17. The Morgan fingerprint density at radius 2 is 1.84 bits per heavy atom. The van der Waals surface area contributed by atoms with Gasteiger partial charge in [-0.2, -0.15) is 4.98 Å². The zero-order chi connectivity index (χ0) is 16.6. The highest BCUT2D eigenvalue weighted by molar-refractivity contribution is 5.85. The lowest BCUT2D eigenvalue weighted by Crippen LogP contribution is -2.44. The van der Waals surface area contributed by atoms with Gasteiger partial charge in [-0.1, -0.05) is 35.0 Å². The van der Waals surface area contributed by atoms with Crippen LogP contribution in [-0.2, 0) is 18.4 Å². The first kappa shape index (κ1) is 17.6. The highest BCUT2D eigenvalue weighted by Gasteiger charge is 2.38. The molecule has 1 saturated carbocycles. The number of halogens is 1. The molecular weight excluding hydrogens is 340 g/mol. The minimum Gasteiger partial charge on any atom is -0.441 e. The fourth-order valence-corrected chi connectivity index (χ4v) is 2.83. The lowest BCUT2D eigenvalue weighted by Gasteiger charge is -2.34. The van der Waals surface area contributed by atoms with Crippen LogP contribution in [-0.4, -0.2) is 15.1 Å². The maximum atomic E-state index is 6.21. The van der Waals surface area contributed by atoms with Gasteiger partial charge in [0, 0.05) is 18.4 Å². The maximum Gasteiger partial charge on any atom is 0.227 e. The fraction of sp³-hybridized carbons (Fsp3) is 0.389. The Balaban J connectivity index is 0.00000182. The van der Waals surface area contributed by atoms with Crippen molar-refractivity contribution in [1.82, 2.24) is 15.1 Å². The minimum atomic E-state index is -0.386. The molecule has 0 bridgehead atoms. The Labute approximate surface area is 152 Å². The predicted molar refractivity (Wildman–Crippen MR) is 95.3 cm³/mol. The summed E-state index contributed by atoms with van der Waals surface area (Å²) in [5, 5.41) is 4.02. The quantitative estimate of drug-likeness (QED) is 0.747. The summed E-state index contributed by atoms with van der Waals surface area (Å²) < 4.78 is 11.1. The van der Waals surface area contributed by atoms with E-state index >= 15 is 0 Å². The smallest absolute Gasteiger partial charge is 0.227 e. The van der Waals surface area contributed by atoms with Crippen LogP contribution in [0.3, 0.4) is 0 Å². The van der Waals surface area contributed by atoms with Gasteiger partial charge >= 0.3 is 0 Å². The number of nitrogens with two attached hydrogens (primary N) is 1. The molecule has 0 spiro atoms. The highest BCUT2D eigenvalue weighted by Crippen LogP contribution is 2.36. The van der Waals surface area contributed by atoms with Gasteiger partial charge < -0.3 is 14.7 Å². The van der Waals surface area contributed by atoms with Gasteiger partial charge in [0.2, 0.25) is 5.89 Å². The van der Waals surface area contributed by atoms with Crippen LogP contribution in [0.1, 0.15) is 42.4 Å². The summed E-state index contributed by atoms with van der Waals surface area (Å²) in [4.78, 5) is 8.75. The summed E-state index contributed by atoms with van der Waals surface area (Å²) in [6.45, 7) is 2.06. The van der Waals surface area contributed by atoms with Gasteiger partial charge in [0.1, 0.15) is 0 Å². The van der Waals surface area contributed by atoms with Crippen molar-refractivity contribution in [3.8, 4) is 11.3 Å². The van der Waals surface area contributed by atoms with Crippen LogP contribution in [0.5, 0.6) is 0 Å². The molecule has 0 atom stereocenters. The van der Waals surface area contributed by atoms with Crippen LogP contribution < -0.4 is 5.73 Å². The predicted octanol–water partition coefficient (Wildman–Crippen LogP) is 3.58. The van der Waals surface area contributed by atoms with Crippen molar-refractivity contribution in [1.29, 1.82) is 0 Å². The molecular formula is C18H21ClN4O2. The number of oxazole rings is 1. The van der Waals surface area contributed by atoms with E-state index in [0.717, 1.165) is 30.6 Å².